The summed E-state index contributed by atoms with van der Waals surface area (Å²) >= 11 is 0. The predicted molar refractivity (Wildman–Crippen MR) is 97.7 cm³/mol. The van der Waals surface area contributed by atoms with Crippen molar-refractivity contribution < 1.29 is 19.4 Å². The molecule has 6 nitrogen and oxygen atoms in total. The first-order chi connectivity index (χ1) is 12.4. The molecule has 0 fully saturated rings. The number of nitrogens with zero attached hydrogens (tertiary/aromatic N) is 1. The number of aryl methyl sites for hydroxylation is 2. The molecule has 26 heavy (non-hydrogen) atoms. The second kappa shape index (κ2) is 8.49. The summed E-state index contributed by atoms with van der Waals surface area (Å²) in [5.41, 5.74) is 2.77. The molecule has 0 spiro atoms. The molecule has 132 valence electrons. The summed E-state index contributed by atoms with van der Waals surface area (Å²) < 4.78 is 5.19. The lowest BCUT2D eigenvalue weighted by molar-refractivity contribution is -0.139. The Kier molecular flexibility index (Phi) is 6.12. The van der Waals surface area contributed by atoms with Crippen LogP contribution in [0.5, 0.6) is 5.75 Å². The summed E-state index contributed by atoms with van der Waals surface area (Å²) in [6, 6.07) is 14.1. The summed E-state index contributed by atoms with van der Waals surface area (Å²) in [4.78, 5) is 23.2. The van der Waals surface area contributed by atoms with Crippen LogP contribution in [0.2, 0.25) is 0 Å². The topological polar surface area (TPSA) is 99.4 Å². The molecular formula is C20H18N2O4. The number of carbonyl (C=O) groups excluding carboxylic acids is 1. The smallest absolute Gasteiger partial charge is 0.341 e. The van der Waals surface area contributed by atoms with E-state index < -0.39 is 18.5 Å². The first kappa shape index (κ1) is 18.7. The number of hydrogen-bond donors (Lipinski definition) is 2. The molecule has 6 heteroatoms. The number of para-hydroxylation sites is 2. The van der Waals surface area contributed by atoms with Crippen molar-refractivity contribution in [1.29, 1.82) is 5.26 Å². The molecule has 0 aliphatic heterocycles. The van der Waals surface area contributed by atoms with Crippen molar-refractivity contribution in [2.45, 2.75) is 13.8 Å². The van der Waals surface area contributed by atoms with Crippen molar-refractivity contribution in [3.8, 4) is 11.8 Å². The number of nitrogens with one attached hydrogen (secondary N) is 1. The van der Waals surface area contributed by atoms with Crippen molar-refractivity contribution in [1.82, 2.24) is 0 Å². The zero-order valence-corrected chi connectivity index (χ0v) is 14.4. The maximum atomic E-state index is 12.5. The van der Waals surface area contributed by atoms with Gasteiger partial charge in [-0.1, -0.05) is 36.4 Å². The Balaban J connectivity index is 2.29. The Morgan fingerprint density at radius 1 is 1.15 bits per heavy atom. The maximum Gasteiger partial charge on any atom is 0.341 e. The van der Waals surface area contributed by atoms with Gasteiger partial charge in [0.15, 0.2) is 6.61 Å². The van der Waals surface area contributed by atoms with E-state index in [1.54, 1.807) is 24.3 Å². The van der Waals surface area contributed by atoms with E-state index in [-0.39, 0.29) is 11.3 Å². The number of hydrogen-bond acceptors (Lipinski definition) is 4. The van der Waals surface area contributed by atoms with E-state index in [2.05, 4.69) is 5.32 Å². The monoisotopic (exact) mass is 350 g/mol. The van der Waals surface area contributed by atoms with Crippen LogP contribution in [-0.2, 0) is 9.59 Å². The molecule has 2 aromatic rings. The van der Waals surface area contributed by atoms with Crippen LogP contribution in [0.1, 0.15) is 16.7 Å². The summed E-state index contributed by atoms with van der Waals surface area (Å²) in [6.07, 6.45) is 1.38. The summed E-state index contributed by atoms with van der Waals surface area (Å²) in [5.74, 6) is -1.38. The van der Waals surface area contributed by atoms with E-state index in [1.165, 1.54) is 6.08 Å². The molecule has 0 radical (unpaired) electrons. The van der Waals surface area contributed by atoms with Crippen molar-refractivity contribution in [2.24, 2.45) is 0 Å². The van der Waals surface area contributed by atoms with Crippen LogP contribution >= 0.6 is 0 Å². The molecule has 2 rings (SSSR count). The minimum atomic E-state index is -1.11. The van der Waals surface area contributed by atoms with Gasteiger partial charge in [-0.15, -0.1) is 0 Å². The van der Waals surface area contributed by atoms with Gasteiger partial charge in [0.2, 0.25) is 0 Å². The van der Waals surface area contributed by atoms with Crippen molar-refractivity contribution >= 4 is 23.6 Å². The van der Waals surface area contributed by atoms with Gasteiger partial charge in [0, 0.05) is 11.3 Å². The Bertz CT molecular complexity index is 890. The van der Waals surface area contributed by atoms with Gasteiger partial charge in [-0.25, -0.2) is 4.79 Å². The van der Waals surface area contributed by atoms with E-state index in [0.29, 0.717) is 11.3 Å². The Labute approximate surface area is 151 Å². The largest absolute Gasteiger partial charge is 0.481 e. The Morgan fingerprint density at radius 2 is 1.81 bits per heavy atom. The number of amides is 1. The van der Waals surface area contributed by atoms with E-state index in [0.717, 1.165) is 11.1 Å². The highest BCUT2D eigenvalue weighted by molar-refractivity contribution is 6.10. The molecule has 0 aliphatic rings. The van der Waals surface area contributed by atoms with Crippen LogP contribution in [-0.4, -0.2) is 23.6 Å². The summed E-state index contributed by atoms with van der Waals surface area (Å²) in [5, 5.41) is 20.9. The van der Waals surface area contributed by atoms with E-state index >= 15 is 0 Å². The van der Waals surface area contributed by atoms with Gasteiger partial charge >= 0.3 is 5.97 Å². The number of benzene rings is 2. The molecular weight excluding hydrogens is 332 g/mol. The number of carboxylic acid groups (broad SMARTS) is 1. The number of aliphatic carboxylic acids is 1. The lowest BCUT2D eigenvalue weighted by Gasteiger charge is -2.11. The summed E-state index contributed by atoms with van der Waals surface area (Å²) in [6.45, 7) is 3.22. The minimum Gasteiger partial charge on any atom is -0.481 e. The molecule has 2 aromatic carbocycles. The first-order valence-electron chi connectivity index (χ1n) is 7.85. The minimum absolute atomic E-state index is 0.112. The van der Waals surface area contributed by atoms with Gasteiger partial charge in [0.1, 0.15) is 17.4 Å². The van der Waals surface area contributed by atoms with Crippen LogP contribution in [0.4, 0.5) is 5.69 Å². The molecule has 1 amide bonds. The molecule has 2 N–H and O–H groups in total. The molecule has 0 saturated heterocycles. The van der Waals surface area contributed by atoms with Gasteiger partial charge in [0.05, 0.1) is 0 Å². The van der Waals surface area contributed by atoms with Crippen molar-refractivity contribution in [2.75, 3.05) is 11.9 Å². The standard InChI is InChI=1S/C20H18N2O4/c1-13-6-5-7-14(2)19(13)22-20(25)16(11-21)10-15-8-3-4-9-17(15)26-12-18(23)24/h3-10H,12H2,1-2H3,(H,22,25)(H,23,24). The Hall–Kier alpha value is -3.59. The van der Waals surface area contributed by atoms with Crippen LogP contribution in [0.3, 0.4) is 0 Å². The number of anilines is 1. The lowest BCUT2D eigenvalue weighted by atomic mass is 10.1. The fourth-order valence-corrected chi connectivity index (χ4v) is 2.37. The number of nitriles is 1. The normalized spacial score (nSPS) is 10.7. The van der Waals surface area contributed by atoms with Crippen molar-refractivity contribution in [3.05, 3.63) is 64.7 Å². The molecule has 0 aromatic heterocycles. The molecule has 0 atom stereocenters. The first-order valence-corrected chi connectivity index (χ1v) is 7.85. The maximum absolute atomic E-state index is 12.5. The van der Waals surface area contributed by atoms with Gasteiger partial charge in [0.25, 0.3) is 5.91 Å². The van der Waals surface area contributed by atoms with Gasteiger partial charge in [-0.05, 0) is 37.1 Å². The van der Waals surface area contributed by atoms with E-state index in [4.69, 9.17) is 9.84 Å². The number of rotatable bonds is 6. The van der Waals surface area contributed by atoms with Crippen LogP contribution in [0, 0.1) is 25.2 Å². The third-order valence-corrected chi connectivity index (χ3v) is 3.65. The second-order valence-electron chi connectivity index (χ2n) is 5.61. The van der Waals surface area contributed by atoms with Crippen molar-refractivity contribution in [3.63, 3.8) is 0 Å². The van der Waals surface area contributed by atoms with Crippen LogP contribution < -0.4 is 10.1 Å². The zero-order chi connectivity index (χ0) is 19.1. The van der Waals surface area contributed by atoms with E-state index in [1.807, 2.05) is 38.1 Å². The molecule has 0 aliphatic carbocycles. The fourth-order valence-electron chi connectivity index (χ4n) is 2.37. The predicted octanol–water partition coefficient (Wildman–Crippen LogP) is 3.31. The quantitative estimate of drug-likeness (QED) is 0.615. The van der Waals surface area contributed by atoms with Crippen LogP contribution in [0.15, 0.2) is 48.0 Å². The molecule has 0 bridgehead atoms. The Morgan fingerprint density at radius 3 is 2.42 bits per heavy atom. The third-order valence-electron chi connectivity index (χ3n) is 3.65. The average molecular weight is 350 g/mol. The highest BCUT2D eigenvalue weighted by Gasteiger charge is 2.13. The number of carbonyl (C=O) groups is 2. The number of carboxylic acids is 1. The van der Waals surface area contributed by atoms with Gasteiger partial charge in [-0.2, -0.15) is 5.26 Å². The average Bonchev–Trinajstić information content (AvgIpc) is 2.61. The number of ether oxygens (including phenoxy) is 1. The molecule has 0 heterocycles. The zero-order valence-electron chi connectivity index (χ0n) is 14.4. The lowest BCUT2D eigenvalue weighted by Crippen LogP contribution is -2.15. The van der Waals surface area contributed by atoms with Crippen LogP contribution in [0.25, 0.3) is 6.08 Å². The molecule has 0 saturated carbocycles. The highest BCUT2D eigenvalue weighted by atomic mass is 16.5. The second-order valence-corrected chi connectivity index (χ2v) is 5.61. The van der Waals surface area contributed by atoms with Gasteiger partial charge < -0.3 is 15.2 Å². The fraction of sp³-hybridized carbons (Fsp3) is 0.150. The highest BCUT2D eigenvalue weighted by Crippen LogP contribution is 2.23. The third kappa shape index (κ3) is 4.71. The van der Waals surface area contributed by atoms with E-state index in [9.17, 15) is 14.9 Å². The molecule has 0 unspecified atom stereocenters. The summed E-state index contributed by atoms with van der Waals surface area (Å²) in [7, 11) is 0. The SMILES string of the molecule is Cc1cccc(C)c1NC(=O)C(C#N)=Cc1ccccc1OCC(=O)O. The van der Waals surface area contributed by atoms with Gasteiger partial charge in [-0.3, -0.25) is 4.79 Å².